The number of nitrogens with zero attached hydrogens (tertiary/aromatic N) is 6. The Hall–Kier alpha value is -4.56. The molecule has 5 rings (SSSR count). The summed E-state index contributed by atoms with van der Waals surface area (Å²) in [5, 5.41) is 22.6. The molecule has 0 saturated heterocycles. The number of fused-ring (bicyclic) bond motifs is 1. The highest BCUT2D eigenvalue weighted by molar-refractivity contribution is 6.04. The van der Waals surface area contributed by atoms with Gasteiger partial charge in [0.05, 0.1) is 19.2 Å². The highest BCUT2D eigenvalue weighted by atomic mass is 19.3. The number of carbonyl (C=O) groups excluding carboxylic acids is 1. The van der Waals surface area contributed by atoms with Gasteiger partial charge in [-0.25, -0.2) is 18.7 Å². The van der Waals surface area contributed by atoms with Crippen molar-refractivity contribution in [3.05, 3.63) is 77.6 Å². The fourth-order valence-electron chi connectivity index (χ4n) is 3.65. The third kappa shape index (κ3) is 5.55. The number of carbonyl (C=O) groups is 1. The van der Waals surface area contributed by atoms with E-state index in [4.69, 9.17) is 9.26 Å². The molecule has 12 nitrogen and oxygen atoms in total. The largest absolute Gasteiger partial charge is 0.387 e. The van der Waals surface area contributed by atoms with Gasteiger partial charge in [-0.05, 0) is 36.2 Å². The van der Waals surface area contributed by atoms with Crippen LogP contribution in [-0.2, 0) is 24.4 Å². The number of aliphatic hydroxyl groups excluding tert-OH is 1. The van der Waals surface area contributed by atoms with Gasteiger partial charge in [0.25, 0.3) is 12.3 Å². The van der Waals surface area contributed by atoms with Crippen molar-refractivity contribution in [1.82, 2.24) is 34.7 Å². The zero-order valence-electron chi connectivity index (χ0n) is 20.0. The van der Waals surface area contributed by atoms with Gasteiger partial charge in [-0.1, -0.05) is 17.3 Å². The average molecular weight is 524 g/mol. The van der Waals surface area contributed by atoms with Crippen LogP contribution in [0, 0.1) is 6.92 Å². The number of aryl methyl sites for hydroxylation is 1. The molecule has 0 bridgehead atoms. The minimum atomic E-state index is -2.92. The number of amides is 1. The van der Waals surface area contributed by atoms with Crippen LogP contribution in [0.15, 0.2) is 53.6 Å². The highest BCUT2D eigenvalue weighted by Crippen LogP contribution is 2.25. The molecule has 0 spiro atoms. The SMILES string of the molecule is Cc1ccc(-c2noc(C[C@H](O)C(F)F)n2)cc1NC(=O)c1cnc2cc(COCc3nc[nH]n3)ccn12. The summed E-state index contributed by atoms with van der Waals surface area (Å²) >= 11 is 0. The molecule has 196 valence electrons. The zero-order valence-corrected chi connectivity index (χ0v) is 20.0. The van der Waals surface area contributed by atoms with Gasteiger partial charge in [-0.15, -0.1) is 0 Å². The van der Waals surface area contributed by atoms with E-state index in [-0.39, 0.29) is 24.2 Å². The summed E-state index contributed by atoms with van der Waals surface area (Å²) in [6.45, 7) is 2.40. The first-order chi connectivity index (χ1) is 18.4. The van der Waals surface area contributed by atoms with Crippen LogP contribution in [-0.4, -0.2) is 58.2 Å². The van der Waals surface area contributed by atoms with Crippen molar-refractivity contribution in [2.24, 2.45) is 0 Å². The average Bonchev–Trinajstić information content (AvgIpc) is 3.66. The first-order valence-corrected chi connectivity index (χ1v) is 11.5. The summed E-state index contributed by atoms with van der Waals surface area (Å²) in [4.78, 5) is 25.5. The van der Waals surface area contributed by atoms with Crippen LogP contribution < -0.4 is 5.32 Å². The lowest BCUT2D eigenvalue weighted by molar-refractivity contribution is -0.00754. The quantitative estimate of drug-likeness (QED) is 0.250. The van der Waals surface area contributed by atoms with E-state index in [0.29, 0.717) is 35.0 Å². The van der Waals surface area contributed by atoms with Crippen LogP contribution in [0.4, 0.5) is 14.5 Å². The molecule has 0 aliphatic rings. The number of hydrogen-bond donors (Lipinski definition) is 3. The Kier molecular flexibility index (Phi) is 7.15. The second kappa shape index (κ2) is 10.8. The maximum Gasteiger partial charge on any atom is 0.274 e. The number of hydrogen-bond acceptors (Lipinski definition) is 9. The van der Waals surface area contributed by atoms with Gasteiger partial charge in [-0.3, -0.25) is 14.3 Å². The Labute approximate surface area is 213 Å². The Morgan fingerprint density at radius 3 is 2.89 bits per heavy atom. The van der Waals surface area contributed by atoms with Crippen molar-refractivity contribution in [1.29, 1.82) is 0 Å². The number of aliphatic hydroxyl groups is 1. The Morgan fingerprint density at radius 1 is 1.24 bits per heavy atom. The van der Waals surface area contributed by atoms with Crippen LogP contribution in [0.1, 0.15) is 33.3 Å². The van der Waals surface area contributed by atoms with Gasteiger partial charge in [0, 0.05) is 17.4 Å². The summed E-state index contributed by atoms with van der Waals surface area (Å²) in [7, 11) is 0. The molecule has 0 fully saturated rings. The van der Waals surface area contributed by atoms with Crippen molar-refractivity contribution in [3.63, 3.8) is 0 Å². The maximum atomic E-state index is 13.1. The molecule has 0 aliphatic heterocycles. The van der Waals surface area contributed by atoms with Gasteiger partial charge in [-0.2, -0.15) is 10.1 Å². The summed E-state index contributed by atoms with van der Waals surface area (Å²) in [6.07, 6.45) is -0.598. The number of alkyl halides is 2. The van der Waals surface area contributed by atoms with Crippen LogP contribution in [0.3, 0.4) is 0 Å². The van der Waals surface area contributed by atoms with E-state index in [9.17, 15) is 18.7 Å². The number of aromatic nitrogens is 7. The number of ether oxygens (including phenoxy) is 1. The predicted molar refractivity (Wildman–Crippen MR) is 128 cm³/mol. The second-order valence-electron chi connectivity index (χ2n) is 8.42. The van der Waals surface area contributed by atoms with Gasteiger partial charge in [0.1, 0.15) is 30.4 Å². The lowest BCUT2D eigenvalue weighted by Crippen LogP contribution is -2.20. The lowest BCUT2D eigenvalue weighted by Gasteiger charge is -2.10. The molecule has 0 aliphatic carbocycles. The summed E-state index contributed by atoms with van der Waals surface area (Å²) < 4.78 is 37.4. The monoisotopic (exact) mass is 524 g/mol. The molecule has 14 heteroatoms. The van der Waals surface area contributed by atoms with Crippen molar-refractivity contribution in [2.75, 3.05) is 5.32 Å². The van der Waals surface area contributed by atoms with E-state index >= 15 is 0 Å². The standard InChI is InChI=1S/C24H22F2N8O4/c1-13-2-3-15(23-31-21(38-33-23)8-18(35)22(25)26)7-16(13)30-24(36)17-9-27-20-6-14(4-5-34(17)20)10-37-11-19-28-12-29-32-19/h2-7,9,12,18,22,35H,8,10-11H2,1H3,(H,30,36)(H,28,29,32)/t18-/m0/s1. The molecule has 0 radical (unpaired) electrons. The minimum Gasteiger partial charge on any atom is -0.387 e. The first kappa shape index (κ1) is 25.1. The Bertz CT molecular complexity index is 1550. The van der Waals surface area contributed by atoms with E-state index in [0.717, 1.165) is 11.1 Å². The number of benzene rings is 1. The molecule has 4 aromatic heterocycles. The predicted octanol–water partition coefficient (Wildman–Crippen LogP) is 2.95. The maximum absolute atomic E-state index is 13.1. The van der Waals surface area contributed by atoms with Gasteiger partial charge in [0.2, 0.25) is 11.7 Å². The molecular weight excluding hydrogens is 502 g/mol. The smallest absolute Gasteiger partial charge is 0.274 e. The highest BCUT2D eigenvalue weighted by Gasteiger charge is 2.21. The number of imidazole rings is 1. The molecular formula is C24H22F2N8O4. The fourth-order valence-corrected chi connectivity index (χ4v) is 3.65. The number of nitrogens with one attached hydrogen (secondary N) is 2. The molecule has 38 heavy (non-hydrogen) atoms. The molecule has 1 atom stereocenters. The molecule has 1 aromatic carbocycles. The van der Waals surface area contributed by atoms with Gasteiger partial charge >= 0.3 is 0 Å². The molecule has 5 aromatic rings. The van der Waals surface area contributed by atoms with E-state index in [1.54, 1.807) is 28.8 Å². The number of H-pyrrole nitrogens is 1. The third-order valence-electron chi connectivity index (χ3n) is 5.66. The normalized spacial score (nSPS) is 12.3. The summed E-state index contributed by atoms with van der Waals surface area (Å²) in [6, 6.07) is 8.77. The van der Waals surface area contributed by atoms with Gasteiger partial charge in [0.15, 0.2) is 5.82 Å². The number of halogens is 2. The second-order valence-corrected chi connectivity index (χ2v) is 8.42. The summed E-state index contributed by atoms with van der Waals surface area (Å²) in [5.74, 6) is 0.188. The number of anilines is 1. The topological polar surface area (TPSA) is 156 Å². The molecule has 4 heterocycles. The zero-order chi connectivity index (χ0) is 26.6. The molecule has 0 saturated carbocycles. The van der Waals surface area contributed by atoms with Crippen LogP contribution >= 0.6 is 0 Å². The van der Waals surface area contributed by atoms with E-state index < -0.39 is 19.0 Å². The van der Waals surface area contributed by atoms with Crippen molar-refractivity contribution in [3.8, 4) is 11.4 Å². The van der Waals surface area contributed by atoms with Gasteiger partial charge < -0.3 is 19.7 Å². The molecule has 1 amide bonds. The molecule has 0 unspecified atom stereocenters. The third-order valence-corrected chi connectivity index (χ3v) is 5.66. The Balaban J connectivity index is 1.28. The number of pyridine rings is 1. The number of aromatic amines is 1. The minimum absolute atomic E-state index is 0.118. The fraction of sp³-hybridized carbons (Fsp3) is 0.250. The van der Waals surface area contributed by atoms with E-state index in [2.05, 4.69) is 35.6 Å². The first-order valence-electron chi connectivity index (χ1n) is 11.5. The van der Waals surface area contributed by atoms with Crippen LogP contribution in [0.25, 0.3) is 17.0 Å². The summed E-state index contributed by atoms with van der Waals surface area (Å²) in [5.41, 5.74) is 3.54. The molecule has 3 N–H and O–H groups in total. The number of rotatable bonds is 10. The Morgan fingerprint density at radius 2 is 2.11 bits per heavy atom. The van der Waals surface area contributed by atoms with Crippen molar-refractivity contribution >= 4 is 17.2 Å². The lowest BCUT2D eigenvalue weighted by atomic mass is 10.1. The van der Waals surface area contributed by atoms with Crippen molar-refractivity contribution in [2.45, 2.75) is 39.1 Å². The van der Waals surface area contributed by atoms with E-state index in [1.807, 2.05) is 19.1 Å². The van der Waals surface area contributed by atoms with Crippen LogP contribution in [0.2, 0.25) is 0 Å². The van der Waals surface area contributed by atoms with Crippen molar-refractivity contribution < 1.29 is 27.9 Å². The van der Waals surface area contributed by atoms with E-state index in [1.165, 1.54) is 12.5 Å². The van der Waals surface area contributed by atoms with Crippen LogP contribution in [0.5, 0.6) is 0 Å².